The van der Waals surface area contributed by atoms with Crippen molar-refractivity contribution in [1.29, 1.82) is 0 Å². The minimum atomic E-state index is -4.44. The van der Waals surface area contributed by atoms with Crippen molar-refractivity contribution >= 4 is 45.4 Å². The third-order valence-electron chi connectivity index (χ3n) is 8.45. The van der Waals surface area contributed by atoms with Gasteiger partial charge in [0.1, 0.15) is 5.82 Å². The highest BCUT2D eigenvalue weighted by molar-refractivity contribution is 14.1. The van der Waals surface area contributed by atoms with E-state index in [1.807, 2.05) is 54.0 Å². The van der Waals surface area contributed by atoms with Crippen molar-refractivity contribution in [2.45, 2.75) is 62.0 Å². The van der Waals surface area contributed by atoms with Gasteiger partial charge in [0.25, 0.3) is 0 Å². The van der Waals surface area contributed by atoms with Crippen molar-refractivity contribution < 1.29 is 22.4 Å². The van der Waals surface area contributed by atoms with Gasteiger partial charge >= 0.3 is 6.18 Å². The molecule has 3 aromatic rings. The van der Waals surface area contributed by atoms with Gasteiger partial charge in [0.15, 0.2) is 9.95 Å². The van der Waals surface area contributed by atoms with Crippen molar-refractivity contribution in [3.8, 4) is 0 Å². The van der Waals surface area contributed by atoms with Crippen LogP contribution in [0.4, 0.5) is 28.9 Å². The van der Waals surface area contributed by atoms with Gasteiger partial charge < -0.3 is 25.7 Å². The van der Waals surface area contributed by atoms with E-state index in [0.29, 0.717) is 46.7 Å². The number of halogens is 5. The highest BCUT2D eigenvalue weighted by Gasteiger charge is 2.33. The van der Waals surface area contributed by atoms with Crippen LogP contribution in [0.3, 0.4) is 0 Å². The van der Waals surface area contributed by atoms with E-state index >= 15 is 4.39 Å². The normalized spacial score (nSPS) is 19.9. The maximum absolute atomic E-state index is 15.8. The summed E-state index contributed by atoms with van der Waals surface area (Å²) in [6.07, 6.45) is -2.69. The zero-order valence-corrected chi connectivity index (χ0v) is 28.4. The van der Waals surface area contributed by atoms with Crippen LogP contribution in [0.25, 0.3) is 5.57 Å². The van der Waals surface area contributed by atoms with Crippen molar-refractivity contribution in [2.75, 3.05) is 22.9 Å². The summed E-state index contributed by atoms with van der Waals surface area (Å²) in [6, 6.07) is 18.5. The van der Waals surface area contributed by atoms with Gasteiger partial charge in [-0.25, -0.2) is 4.39 Å². The highest BCUT2D eigenvalue weighted by Crippen LogP contribution is 2.42. The molecule has 0 amide bonds. The number of alkyl halides is 4. The number of amidine groups is 1. The SMILES string of the molecule is C=C1C(/C(N)=N/OC(I)C(C)(C)c2ccccc2)=CN(Cc2ccc(C(F)(F)F)cc2)c2cc(N3C[C@@H](C)N[C@@H](C)C3)c(F)cc21. The van der Waals surface area contributed by atoms with E-state index in [0.717, 1.165) is 17.7 Å². The second-order valence-corrected chi connectivity index (χ2v) is 13.7. The summed E-state index contributed by atoms with van der Waals surface area (Å²) >= 11 is 2.18. The first-order valence-electron chi connectivity index (χ1n) is 15.0. The molecule has 2 heterocycles. The van der Waals surface area contributed by atoms with Crippen LogP contribution in [0.15, 0.2) is 90.2 Å². The van der Waals surface area contributed by atoms with Crippen molar-refractivity contribution in [3.05, 3.63) is 113 Å². The molecular weight excluding hydrogens is 709 g/mol. The first-order valence-corrected chi connectivity index (χ1v) is 16.3. The lowest BCUT2D eigenvalue weighted by atomic mass is 9.86. The molecule has 2 aliphatic rings. The molecule has 0 bridgehead atoms. The van der Waals surface area contributed by atoms with Gasteiger partial charge in [-0.1, -0.05) is 68.0 Å². The second-order valence-electron chi connectivity index (χ2n) is 12.5. The number of rotatable bonds is 8. The van der Waals surface area contributed by atoms with Gasteiger partial charge in [0.05, 0.1) is 16.9 Å². The standard InChI is InChI=1S/C35H38F4IN5O/c1-21-17-44(18-22(2)42-21)31-16-30-27(15-29(31)36)23(3)28(20-45(30)19-24-11-13-26(14-12-24)35(37,38)39)32(41)43-46-33(40)34(4,5)25-9-7-6-8-10-25/h6-16,20-22,33,42H,3,17-19H2,1-2,4-5H3,(H2,41,43)/t21-,22+,33?. The number of hydrogen-bond acceptors (Lipinski definition) is 5. The molecule has 0 saturated carbocycles. The largest absolute Gasteiger partial charge is 0.416 e. The van der Waals surface area contributed by atoms with E-state index in [2.05, 4.69) is 53.5 Å². The van der Waals surface area contributed by atoms with Crippen molar-refractivity contribution in [1.82, 2.24) is 5.32 Å². The Morgan fingerprint density at radius 1 is 1.02 bits per heavy atom. The summed E-state index contributed by atoms with van der Waals surface area (Å²) in [7, 11) is 0. The summed E-state index contributed by atoms with van der Waals surface area (Å²) in [5.74, 6) is -0.353. The Bertz CT molecular complexity index is 1630. The lowest BCUT2D eigenvalue weighted by Crippen LogP contribution is -2.54. The number of piperazine rings is 1. The van der Waals surface area contributed by atoms with E-state index < -0.39 is 23.0 Å². The fourth-order valence-electron chi connectivity index (χ4n) is 5.87. The fourth-order valence-corrected chi connectivity index (χ4v) is 6.35. The van der Waals surface area contributed by atoms with E-state index in [9.17, 15) is 13.2 Å². The predicted octanol–water partition coefficient (Wildman–Crippen LogP) is 7.98. The molecule has 0 aliphatic carbocycles. The maximum Gasteiger partial charge on any atom is 0.416 e. The van der Waals surface area contributed by atoms with Gasteiger partial charge in [0.2, 0.25) is 0 Å². The minimum absolute atomic E-state index is 0.0489. The zero-order valence-electron chi connectivity index (χ0n) is 26.2. The van der Waals surface area contributed by atoms with Gasteiger partial charge in [0, 0.05) is 54.5 Å². The zero-order chi connectivity index (χ0) is 33.4. The van der Waals surface area contributed by atoms with Crippen LogP contribution >= 0.6 is 22.6 Å². The molecule has 0 radical (unpaired) electrons. The molecule has 0 spiro atoms. The monoisotopic (exact) mass is 747 g/mol. The van der Waals surface area contributed by atoms with Crippen LogP contribution in [-0.4, -0.2) is 35.1 Å². The van der Waals surface area contributed by atoms with Crippen LogP contribution in [0.2, 0.25) is 0 Å². The summed E-state index contributed by atoms with van der Waals surface area (Å²) < 4.78 is 55.2. The maximum atomic E-state index is 15.8. The number of nitrogens with two attached hydrogens (primary N) is 1. The summed E-state index contributed by atoms with van der Waals surface area (Å²) in [5.41, 5.74) is 9.57. The summed E-state index contributed by atoms with van der Waals surface area (Å²) in [5, 5.41) is 7.73. The molecule has 1 saturated heterocycles. The molecule has 3 aromatic carbocycles. The number of benzene rings is 3. The topological polar surface area (TPSA) is 66.1 Å². The molecular formula is C35H38F4IN5O. The van der Waals surface area contributed by atoms with Gasteiger partial charge in [-0.05, 0) is 77.4 Å². The van der Waals surface area contributed by atoms with Crippen LogP contribution in [0.5, 0.6) is 0 Å². The summed E-state index contributed by atoms with van der Waals surface area (Å²) in [6.45, 7) is 13.9. The molecule has 1 fully saturated rings. The average Bonchev–Trinajstić information content (AvgIpc) is 3.00. The Morgan fingerprint density at radius 3 is 2.26 bits per heavy atom. The smallest absolute Gasteiger partial charge is 0.380 e. The number of hydrogen-bond donors (Lipinski definition) is 2. The van der Waals surface area contributed by atoms with Crippen LogP contribution in [0, 0.1) is 5.82 Å². The Hall–Kier alpha value is -3.58. The molecule has 6 nitrogen and oxygen atoms in total. The Labute approximate surface area is 281 Å². The van der Waals surface area contributed by atoms with E-state index in [1.165, 1.54) is 18.2 Å². The molecule has 5 rings (SSSR count). The van der Waals surface area contributed by atoms with E-state index in [4.69, 9.17) is 10.6 Å². The third-order valence-corrected chi connectivity index (χ3v) is 10.2. The number of nitrogens with one attached hydrogen (secondary N) is 1. The van der Waals surface area contributed by atoms with Crippen LogP contribution < -0.4 is 20.9 Å². The molecule has 1 unspecified atom stereocenters. The second kappa shape index (κ2) is 13.3. The molecule has 11 heteroatoms. The average molecular weight is 748 g/mol. The van der Waals surface area contributed by atoms with Crippen molar-refractivity contribution in [2.24, 2.45) is 10.9 Å². The predicted molar refractivity (Wildman–Crippen MR) is 185 cm³/mol. The van der Waals surface area contributed by atoms with Crippen LogP contribution in [-0.2, 0) is 23.0 Å². The molecule has 2 aliphatic heterocycles. The number of nitrogens with zero attached hydrogens (tertiary/aromatic N) is 3. The number of anilines is 2. The fraction of sp³-hybridized carbons (Fsp3) is 0.343. The molecule has 46 heavy (non-hydrogen) atoms. The van der Waals surface area contributed by atoms with Gasteiger partial charge in [-0.15, -0.1) is 0 Å². The van der Waals surface area contributed by atoms with Gasteiger partial charge in [-0.2, -0.15) is 13.2 Å². The molecule has 244 valence electrons. The lowest BCUT2D eigenvalue weighted by Gasteiger charge is -2.39. The Kier molecular flexibility index (Phi) is 9.74. The minimum Gasteiger partial charge on any atom is -0.380 e. The number of fused-ring (bicyclic) bond motifs is 1. The lowest BCUT2D eigenvalue weighted by molar-refractivity contribution is -0.137. The summed E-state index contributed by atoms with van der Waals surface area (Å²) in [4.78, 5) is 9.77. The first kappa shape index (κ1) is 33.8. The molecule has 3 atom stereocenters. The van der Waals surface area contributed by atoms with Crippen LogP contribution in [0.1, 0.15) is 49.9 Å². The quantitative estimate of drug-likeness (QED) is 0.0612. The van der Waals surface area contributed by atoms with Crippen molar-refractivity contribution in [3.63, 3.8) is 0 Å². The van der Waals surface area contributed by atoms with E-state index in [-0.39, 0.29) is 28.6 Å². The Morgan fingerprint density at radius 2 is 1.65 bits per heavy atom. The third kappa shape index (κ3) is 7.20. The Balaban J connectivity index is 1.50. The molecule has 3 N–H and O–H groups in total. The first-order chi connectivity index (χ1) is 21.6. The highest BCUT2D eigenvalue weighted by atomic mass is 127. The molecule has 0 aromatic heterocycles. The number of oxime groups is 1. The van der Waals surface area contributed by atoms with E-state index in [1.54, 1.807) is 12.3 Å². The van der Waals surface area contributed by atoms with Gasteiger partial charge in [-0.3, -0.25) is 0 Å².